The van der Waals surface area contributed by atoms with Crippen molar-refractivity contribution in [3.8, 4) is 17.1 Å². The average molecular weight is 304 g/mol. The minimum Gasteiger partial charge on any atom is -0.212 e. The first-order valence-corrected chi connectivity index (χ1v) is 6.85. The van der Waals surface area contributed by atoms with Crippen molar-refractivity contribution >= 4 is 23.2 Å². The minimum atomic E-state index is 0.221. The van der Waals surface area contributed by atoms with E-state index >= 15 is 0 Å². The Bertz CT molecular complexity index is 748. The fraction of sp³-hybridized carbons (Fsp3) is 0.0667. The first-order chi connectivity index (χ1) is 9.65. The molecule has 20 heavy (non-hydrogen) atoms. The summed E-state index contributed by atoms with van der Waals surface area (Å²) < 4.78 is 1.72. The van der Waals surface area contributed by atoms with Crippen LogP contribution in [-0.2, 0) is 0 Å². The van der Waals surface area contributed by atoms with Gasteiger partial charge in [0.2, 0.25) is 5.28 Å². The van der Waals surface area contributed by atoms with Crippen LogP contribution in [0.1, 0.15) is 5.56 Å². The molecule has 0 N–H and O–H groups in total. The molecule has 0 spiro atoms. The van der Waals surface area contributed by atoms with Crippen molar-refractivity contribution in [3.05, 3.63) is 64.4 Å². The molecule has 0 saturated heterocycles. The number of nitrogens with zero attached hydrogens (tertiary/aromatic N) is 3. The molecule has 2 aromatic carbocycles. The number of halogens is 2. The first-order valence-electron chi connectivity index (χ1n) is 6.09. The van der Waals surface area contributed by atoms with Crippen LogP contribution in [0.4, 0.5) is 0 Å². The van der Waals surface area contributed by atoms with Gasteiger partial charge >= 0.3 is 0 Å². The molecule has 3 nitrogen and oxygen atoms in total. The third-order valence-electron chi connectivity index (χ3n) is 3.04. The molecule has 0 fully saturated rings. The molecule has 0 aliphatic rings. The number of aromatic nitrogens is 3. The Morgan fingerprint density at radius 2 is 1.65 bits per heavy atom. The minimum absolute atomic E-state index is 0.221. The zero-order valence-electron chi connectivity index (χ0n) is 10.7. The van der Waals surface area contributed by atoms with Gasteiger partial charge in [-0.2, -0.15) is 4.98 Å². The lowest BCUT2D eigenvalue weighted by Gasteiger charge is -2.08. The van der Waals surface area contributed by atoms with Crippen molar-refractivity contribution in [2.24, 2.45) is 0 Å². The maximum Gasteiger partial charge on any atom is 0.243 e. The van der Waals surface area contributed by atoms with Crippen LogP contribution >= 0.6 is 23.2 Å². The summed E-state index contributed by atoms with van der Waals surface area (Å²) in [7, 11) is 0. The van der Waals surface area contributed by atoms with Gasteiger partial charge in [0, 0.05) is 10.6 Å². The quantitative estimate of drug-likeness (QED) is 0.695. The fourth-order valence-corrected chi connectivity index (χ4v) is 2.33. The van der Waals surface area contributed by atoms with Gasteiger partial charge in [0.1, 0.15) is 0 Å². The SMILES string of the molecule is Cc1ccccc1-c1nc(Cl)nn1-c1ccc(Cl)cc1. The number of benzene rings is 2. The van der Waals surface area contributed by atoms with Gasteiger partial charge in [0.15, 0.2) is 5.82 Å². The summed E-state index contributed by atoms with van der Waals surface area (Å²) >= 11 is 11.9. The molecule has 0 amide bonds. The van der Waals surface area contributed by atoms with E-state index in [1.165, 1.54) is 0 Å². The predicted molar refractivity (Wildman–Crippen MR) is 81.6 cm³/mol. The van der Waals surface area contributed by atoms with Gasteiger partial charge in [0.25, 0.3) is 0 Å². The molecule has 1 heterocycles. The molecule has 0 aliphatic carbocycles. The normalized spacial score (nSPS) is 10.8. The van der Waals surface area contributed by atoms with Crippen LogP contribution in [0.5, 0.6) is 0 Å². The Kier molecular flexibility index (Phi) is 3.47. The zero-order valence-corrected chi connectivity index (χ0v) is 12.2. The van der Waals surface area contributed by atoms with Crippen LogP contribution in [0, 0.1) is 6.92 Å². The van der Waals surface area contributed by atoms with Crippen molar-refractivity contribution in [1.29, 1.82) is 0 Å². The third kappa shape index (κ3) is 2.42. The number of aryl methyl sites for hydroxylation is 1. The molecule has 100 valence electrons. The maximum atomic E-state index is 5.98. The van der Waals surface area contributed by atoms with E-state index in [1.807, 2.05) is 55.5 Å². The van der Waals surface area contributed by atoms with E-state index in [1.54, 1.807) is 4.68 Å². The zero-order chi connectivity index (χ0) is 14.1. The molecular formula is C15H11Cl2N3. The Balaban J connectivity index is 2.18. The van der Waals surface area contributed by atoms with E-state index in [0.29, 0.717) is 5.02 Å². The molecule has 0 saturated carbocycles. The Morgan fingerprint density at radius 3 is 2.35 bits per heavy atom. The highest BCUT2D eigenvalue weighted by molar-refractivity contribution is 6.30. The van der Waals surface area contributed by atoms with E-state index in [2.05, 4.69) is 10.1 Å². The molecule has 1 aromatic heterocycles. The topological polar surface area (TPSA) is 30.7 Å². The molecule has 5 heteroatoms. The first kappa shape index (κ1) is 13.2. The highest BCUT2D eigenvalue weighted by atomic mass is 35.5. The van der Waals surface area contributed by atoms with Crippen molar-refractivity contribution in [3.63, 3.8) is 0 Å². The van der Waals surface area contributed by atoms with Crippen LogP contribution in [-0.4, -0.2) is 14.8 Å². The summed E-state index contributed by atoms with van der Waals surface area (Å²) in [6.07, 6.45) is 0. The van der Waals surface area contributed by atoms with Gasteiger partial charge < -0.3 is 0 Å². The molecule has 3 rings (SSSR count). The summed E-state index contributed by atoms with van der Waals surface area (Å²) in [5, 5.41) is 5.15. The van der Waals surface area contributed by atoms with E-state index in [0.717, 1.165) is 22.6 Å². The molecule has 0 atom stereocenters. The Morgan fingerprint density at radius 1 is 0.950 bits per heavy atom. The molecule has 3 aromatic rings. The van der Waals surface area contributed by atoms with E-state index in [4.69, 9.17) is 23.2 Å². The predicted octanol–water partition coefficient (Wildman–Crippen LogP) is 4.55. The number of hydrogen-bond acceptors (Lipinski definition) is 2. The lowest BCUT2D eigenvalue weighted by Crippen LogP contribution is -2.00. The molecule has 0 aliphatic heterocycles. The van der Waals surface area contributed by atoms with E-state index in [-0.39, 0.29) is 5.28 Å². The van der Waals surface area contributed by atoms with Crippen molar-refractivity contribution in [2.75, 3.05) is 0 Å². The van der Waals surface area contributed by atoms with Crippen molar-refractivity contribution in [2.45, 2.75) is 6.92 Å². The molecular weight excluding hydrogens is 293 g/mol. The number of rotatable bonds is 2. The second-order valence-electron chi connectivity index (χ2n) is 4.41. The summed E-state index contributed by atoms with van der Waals surface area (Å²) in [6, 6.07) is 15.4. The average Bonchev–Trinajstić information content (AvgIpc) is 2.82. The monoisotopic (exact) mass is 303 g/mol. The standard InChI is InChI=1S/C15H11Cl2N3/c1-10-4-2-3-5-13(10)14-18-15(17)19-20(14)12-8-6-11(16)7-9-12/h2-9H,1H3. The van der Waals surface area contributed by atoms with Gasteiger partial charge in [-0.25, -0.2) is 4.68 Å². The van der Waals surface area contributed by atoms with Crippen LogP contribution in [0.25, 0.3) is 17.1 Å². The van der Waals surface area contributed by atoms with Crippen LogP contribution < -0.4 is 0 Å². The van der Waals surface area contributed by atoms with Crippen molar-refractivity contribution in [1.82, 2.24) is 14.8 Å². The Labute approximate surface area is 126 Å². The highest BCUT2D eigenvalue weighted by Crippen LogP contribution is 2.25. The van der Waals surface area contributed by atoms with Crippen LogP contribution in [0.15, 0.2) is 48.5 Å². The summed E-state index contributed by atoms with van der Waals surface area (Å²) in [5.41, 5.74) is 2.99. The Hall–Kier alpha value is -1.84. The van der Waals surface area contributed by atoms with Gasteiger partial charge in [-0.05, 0) is 48.4 Å². The summed E-state index contributed by atoms with van der Waals surface area (Å²) in [5.74, 6) is 0.718. The van der Waals surface area contributed by atoms with Crippen molar-refractivity contribution < 1.29 is 0 Å². The molecule has 0 unspecified atom stereocenters. The molecule has 0 radical (unpaired) electrons. The molecule has 0 bridgehead atoms. The van der Waals surface area contributed by atoms with Crippen LogP contribution in [0.2, 0.25) is 10.3 Å². The number of hydrogen-bond donors (Lipinski definition) is 0. The smallest absolute Gasteiger partial charge is 0.212 e. The lowest BCUT2D eigenvalue weighted by atomic mass is 10.1. The highest BCUT2D eigenvalue weighted by Gasteiger charge is 2.14. The van der Waals surface area contributed by atoms with Gasteiger partial charge in [-0.3, -0.25) is 0 Å². The second kappa shape index (κ2) is 5.27. The third-order valence-corrected chi connectivity index (χ3v) is 3.45. The van der Waals surface area contributed by atoms with Gasteiger partial charge in [0.05, 0.1) is 5.69 Å². The maximum absolute atomic E-state index is 5.98. The largest absolute Gasteiger partial charge is 0.243 e. The fourth-order valence-electron chi connectivity index (χ4n) is 2.05. The lowest BCUT2D eigenvalue weighted by molar-refractivity contribution is 0.886. The van der Waals surface area contributed by atoms with Gasteiger partial charge in [-0.15, -0.1) is 5.10 Å². The summed E-state index contributed by atoms with van der Waals surface area (Å²) in [6.45, 7) is 2.03. The van der Waals surface area contributed by atoms with E-state index < -0.39 is 0 Å². The van der Waals surface area contributed by atoms with Gasteiger partial charge in [-0.1, -0.05) is 35.9 Å². The summed E-state index contributed by atoms with van der Waals surface area (Å²) in [4.78, 5) is 4.32. The van der Waals surface area contributed by atoms with E-state index in [9.17, 15) is 0 Å². The van der Waals surface area contributed by atoms with Crippen LogP contribution in [0.3, 0.4) is 0 Å². The second-order valence-corrected chi connectivity index (χ2v) is 5.18.